The van der Waals surface area contributed by atoms with Crippen LogP contribution in [0.5, 0.6) is 11.5 Å². The number of esters is 1. The SMILES string of the molecule is CCOC(=O)C1=C(C)N(C2CC2)C(=S)NC1c1ccc(O)c(OCC)c1. The smallest absolute Gasteiger partial charge is 0.338 e. The van der Waals surface area contributed by atoms with Gasteiger partial charge in [-0.25, -0.2) is 4.79 Å². The maximum atomic E-state index is 12.7. The van der Waals surface area contributed by atoms with Gasteiger partial charge in [-0.1, -0.05) is 6.07 Å². The molecule has 0 aromatic heterocycles. The zero-order chi connectivity index (χ0) is 18.8. The Morgan fingerprint density at radius 1 is 1.35 bits per heavy atom. The van der Waals surface area contributed by atoms with Gasteiger partial charge in [0.15, 0.2) is 16.6 Å². The Kier molecular flexibility index (Phi) is 5.36. The minimum absolute atomic E-state index is 0.0620. The van der Waals surface area contributed by atoms with E-state index in [1.165, 1.54) is 0 Å². The molecular weight excluding hydrogens is 352 g/mol. The van der Waals surface area contributed by atoms with Gasteiger partial charge in [0.1, 0.15) is 0 Å². The number of thiocarbonyl (C=S) groups is 1. The van der Waals surface area contributed by atoms with Gasteiger partial charge in [-0.2, -0.15) is 0 Å². The van der Waals surface area contributed by atoms with Crippen molar-refractivity contribution in [3.05, 3.63) is 35.0 Å². The highest BCUT2D eigenvalue weighted by molar-refractivity contribution is 7.80. The van der Waals surface area contributed by atoms with Crippen LogP contribution in [0.2, 0.25) is 0 Å². The fourth-order valence-electron chi connectivity index (χ4n) is 3.23. The van der Waals surface area contributed by atoms with Crippen LogP contribution in [0.3, 0.4) is 0 Å². The van der Waals surface area contributed by atoms with Crippen LogP contribution in [0.15, 0.2) is 29.5 Å². The molecule has 1 aromatic rings. The van der Waals surface area contributed by atoms with Crippen molar-refractivity contribution in [1.82, 2.24) is 10.2 Å². The molecule has 0 bridgehead atoms. The first kappa shape index (κ1) is 18.5. The molecule has 1 unspecified atom stereocenters. The summed E-state index contributed by atoms with van der Waals surface area (Å²) in [6, 6.07) is 4.96. The second kappa shape index (κ2) is 7.53. The first-order valence-corrected chi connectivity index (χ1v) is 9.32. The Hall–Kier alpha value is -2.28. The quantitative estimate of drug-likeness (QED) is 0.584. The van der Waals surface area contributed by atoms with Gasteiger partial charge in [-0.05, 0) is 63.5 Å². The van der Waals surface area contributed by atoms with Gasteiger partial charge in [-0.3, -0.25) is 0 Å². The van der Waals surface area contributed by atoms with Crippen LogP contribution in [0, 0.1) is 0 Å². The number of rotatable bonds is 6. The number of carbonyl (C=O) groups is 1. The summed E-state index contributed by atoms with van der Waals surface area (Å²) in [6.07, 6.45) is 2.13. The highest BCUT2D eigenvalue weighted by Gasteiger charge is 2.40. The molecule has 0 radical (unpaired) electrons. The van der Waals surface area contributed by atoms with Crippen LogP contribution < -0.4 is 10.1 Å². The molecule has 6 nitrogen and oxygen atoms in total. The number of nitrogens with zero attached hydrogens (tertiary/aromatic N) is 1. The third-order valence-corrected chi connectivity index (χ3v) is 4.87. The minimum atomic E-state index is -0.448. The number of hydrogen-bond donors (Lipinski definition) is 2. The van der Waals surface area contributed by atoms with Crippen LogP contribution in [-0.2, 0) is 9.53 Å². The number of nitrogens with one attached hydrogen (secondary N) is 1. The molecule has 0 spiro atoms. The zero-order valence-corrected chi connectivity index (χ0v) is 16.1. The molecule has 1 heterocycles. The van der Waals surface area contributed by atoms with Crippen molar-refractivity contribution >= 4 is 23.3 Å². The maximum absolute atomic E-state index is 12.7. The standard InChI is InChI=1S/C19H24N2O4S/c1-4-24-15-10-12(6-9-14(15)22)17-16(18(23)25-5-2)11(3)21(13-7-8-13)19(26)20-17/h6,9-10,13,17,22H,4-5,7-8H2,1-3H3,(H,20,26). The molecule has 1 atom stereocenters. The lowest BCUT2D eigenvalue weighted by atomic mass is 9.94. The molecule has 26 heavy (non-hydrogen) atoms. The second-order valence-electron chi connectivity index (χ2n) is 6.36. The second-order valence-corrected chi connectivity index (χ2v) is 6.75. The Bertz CT molecular complexity index is 758. The third kappa shape index (κ3) is 3.49. The summed E-state index contributed by atoms with van der Waals surface area (Å²) < 4.78 is 10.8. The monoisotopic (exact) mass is 376 g/mol. The van der Waals surface area contributed by atoms with E-state index < -0.39 is 6.04 Å². The van der Waals surface area contributed by atoms with Crippen molar-refractivity contribution in [3.8, 4) is 11.5 Å². The molecule has 1 saturated carbocycles. The summed E-state index contributed by atoms with van der Waals surface area (Å²) in [4.78, 5) is 14.7. The van der Waals surface area contributed by atoms with Gasteiger partial charge in [0.05, 0.1) is 24.8 Å². The van der Waals surface area contributed by atoms with Gasteiger partial charge < -0.3 is 24.8 Å². The average molecular weight is 376 g/mol. The number of aromatic hydroxyl groups is 1. The number of hydrogen-bond acceptors (Lipinski definition) is 5. The number of allylic oxidation sites excluding steroid dienone is 1. The lowest BCUT2D eigenvalue weighted by Crippen LogP contribution is -2.48. The Morgan fingerprint density at radius 2 is 2.08 bits per heavy atom. The Balaban J connectivity index is 2.05. The summed E-state index contributed by atoms with van der Waals surface area (Å²) in [5.74, 6) is 0.0804. The van der Waals surface area contributed by atoms with Crippen LogP contribution >= 0.6 is 12.2 Å². The predicted molar refractivity (Wildman–Crippen MR) is 102 cm³/mol. The summed E-state index contributed by atoms with van der Waals surface area (Å²) in [5.41, 5.74) is 2.15. The molecule has 0 saturated heterocycles. The number of ether oxygens (including phenoxy) is 2. The minimum Gasteiger partial charge on any atom is -0.504 e. The Morgan fingerprint density at radius 3 is 2.69 bits per heavy atom. The first-order chi connectivity index (χ1) is 12.5. The third-order valence-electron chi connectivity index (χ3n) is 4.55. The fraction of sp³-hybridized carbons (Fsp3) is 0.474. The van der Waals surface area contributed by atoms with Gasteiger partial charge in [0.2, 0.25) is 0 Å². The molecule has 2 N–H and O–H groups in total. The van der Waals surface area contributed by atoms with Crippen molar-refractivity contribution in [3.63, 3.8) is 0 Å². The van der Waals surface area contributed by atoms with Crippen molar-refractivity contribution in [1.29, 1.82) is 0 Å². The Labute approximate surface area is 158 Å². The molecular formula is C19H24N2O4S. The van der Waals surface area contributed by atoms with Crippen LogP contribution in [0.1, 0.15) is 45.2 Å². The highest BCUT2D eigenvalue weighted by atomic mass is 32.1. The maximum Gasteiger partial charge on any atom is 0.338 e. The van der Waals surface area contributed by atoms with Gasteiger partial charge >= 0.3 is 5.97 Å². The van der Waals surface area contributed by atoms with E-state index in [2.05, 4.69) is 5.32 Å². The average Bonchev–Trinajstić information content (AvgIpc) is 3.41. The van der Waals surface area contributed by atoms with E-state index in [0.29, 0.717) is 35.7 Å². The van der Waals surface area contributed by atoms with E-state index in [0.717, 1.165) is 24.1 Å². The van der Waals surface area contributed by atoms with Gasteiger partial charge in [0, 0.05) is 11.7 Å². The first-order valence-electron chi connectivity index (χ1n) is 8.91. The number of phenols is 1. The fourth-order valence-corrected chi connectivity index (χ4v) is 3.64. The van der Waals surface area contributed by atoms with Crippen molar-refractivity contribution < 1.29 is 19.4 Å². The van der Waals surface area contributed by atoms with E-state index in [1.807, 2.05) is 18.7 Å². The van der Waals surface area contributed by atoms with Crippen molar-refractivity contribution in [2.24, 2.45) is 0 Å². The number of benzene rings is 1. The molecule has 3 rings (SSSR count). The van der Waals surface area contributed by atoms with Gasteiger partial charge in [-0.15, -0.1) is 0 Å². The molecule has 7 heteroatoms. The lowest BCUT2D eigenvalue weighted by Gasteiger charge is -2.37. The van der Waals surface area contributed by atoms with E-state index in [1.54, 1.807) is 25.1 Å². The van der Waals surface area contributed by atoms with Crippen LogP contribution in [0.25, 0.3) is 0 Å². The number of carbonyl (C=O) groups excluding carboxylic acids is 1. The summed E-state index contributed by atoms with van der Waals surface area (Å²) >= 11 is 5.56. The van der Waals surface area contributed by atoms with Crippen LogP contribution in [-0.4, -0.2) is 40.3 Å². The van der Waals surface area contributed by atoms with Crippen molar-refractivity contribution in [2.45, 2.75) is 45.7 Å². The number of phenolic OH excluding ortho intramolecular Hbond substituents is 1. The highest BCUT2D eigenvalue weighted by Crippen LogP contribution is 2.39. The van der Waals surface area contributed by atoms with Gasteiger partial charge in [0.25, 0.3) is 0 Å². The van der Waals surface area contributed by atoms with Crippen LogP contribution in [0.4, 0.5) is 0 Å². The predicted octanol–water partition coefficient (Wildman–Crippen LogP) is 3.02. The normalized spacial score (nSPS) is 20.0. The molecule has 1 fully saturated rings. The molecule has 1 aromatic carbocycles. The lowest BCUT2D eigenvalue weighted by molar-refractivity contribution is -0.139. The van der Waals surface area contributed by atoms with E-state index in [4.69, 9.17) is 21.7 Å². The van der Waals surface area contributed by atoms with Crippen molar-refractivity contribution in [2.75, 3.05) is 13.2 Å². The molecule has 1 aliphatic heterocycles. The van der Waals surface area contributed by atoms with E-state index in [-0.39, 0.29) is 11.7 Å². The molecule has 2 aliphatic rings. The molecule has 140 valence electrons. The molecule has 0 amide bonds. The summed E-state index contributed by atoms with van der Waals surface area (Å²) in [7, 11) is 0. The molecule has 1 aliphatic carbocycles. The summed E-state index contributed by atoms with van der Waals surface area (Å²) in [6.45, 7) is 6.28. The van der Waals surface area contributed by atoms with E-state index >= 15 is 0 Å². The summed E-state index contributed by atoms with van der Waals surface area (Å²) in [5, 5.41) is 13.8. The topological polar surface area (TPSA) is 71.0 Å². The zero-order valence-electron chi connectivity index (χ0n) is 15.2. The van der Waals surface area contributed by atoms with E-state index in [9.17, 15) is 9.90 Å². The largest absolute Gasteiger partial charge is 0.504 e.